The highest BCUT2D eigenvalue weighted by molar-refractivity contribution is 5.96. The van der Waals surface area contributed by atoms with Crippen LogP contribution in [0.25, 0.3) is 10.9 Å². The van der Waals surface area contributed by atoms with Gasteiger partial charge in [0.15, 0.2) is 5.78 Å². The maximum absolute atomic E-state index is 12.5. The Kier molecular flexibility index (Phi) is 5.58. The summed E-state index contributed by atoms with van der Waals surface area (Å²) in [7, 11) is 0. The molecule has 2 heterocycles. The molecule has 0 fully saturated rings. The van der Waals surface area contributed by atoms with Crippen molar-refractivity contribution < 1.29 is 9.59 Å². The number of carbonyl (C=O) groups excluding carboxylic acids is 2. The zero-order chi connectivity index (χ0) is 20.4. The number of pyridine rings is 1. The highest BCUT2D eigenvalue weighted by Gasteiger charge is 2.20. The Balaban J connectivity index is 1.69. The number of rotatable bonds is 6. The first-order valence-electron chi connectivity index (χ1n) is 9.46. The van der Waals surface area contributed by atoms with Crippen molar-refractivity contribution in [2.75, 3.05) is 0 Å². The molecular formula is C22H26N4O2. The normalized spacial score (nSPS) is 12.2. The molecule has 6 nitrogen and oxygen atoms in total. The molecule has 1 N–H and O–H groups in total. The first kappa shape index (κ1) is 19.7. The third kappa shape index (κ3) is 3.81. The fourth-order valence-corrected chi connectivity index (χ4v) is 3.75. The Morgan fingerprint density at radius 2 is 1.93 bits per heavy atom. The number of carbonyl (C=O) groups is 2. The summed E-state index contributed by atoms with van der Waals surface area (Å²) in [5.74, 6) is -0.0557. The van der Waals surface area contributed by atoms with Gasteiger partial charge < -0.3 is 5.32 Å². The molecule has 6 heteroatoms. The lowest BCUT2D eigenvalue weighted by molar-refractivity contribution is -0.122. The van der Waals surface area contributed by atoms with Crippen LogP contribution in [0.2, 0.25) is 0 Å². The van der Waals surface area contributed by atoms with E-state index in [2.05, 4.69) is 15.4 Å². The van der Waals surface area contributed by atoms with E-state index in [9.17, 15) is 9.59 Å². The highest BCUT2D eigenvalue weighted by atomic mass is 16.1. The topological polar surface area (TPSA) is 76.9 Å². The number of aromatic nitrogens is 3. The fraction of sp³-hybridized carbons (Fsp3) is 0.364. The van der Waals surface area contributed by atoms with E-state index in [1.54, 1.807) is 17.8 Å². The Morgan fingerprint density at radius 1 is 1.18 bits per heavy atom. The predicted molar refractivity (Wildman–Crippen MR) is 109 cm³/mol. The van der Waals surface area contributed by atoms with Crippen molar-refractivity contribution in [2.24, 2.45) is 0 Å². The van der Waals surface area contributed by atoms with Crippen LogP contribution in [0.3, 0.4) is 0 Å². The number of nitrogens with zero attached hydrogens (tertiary/aromatic N) is 3. The molecule has 2 aromatic heterocycles. The monoisotopic (exact) mass is 378 g/mol. The van der Waals surface area contributed by atoms with E-state index in [1.807, 2.05) is 52.0 Å². The molecule has 1 aromatic carbocycles. The van der Waals surface area contributed by atoms with E-state index in [-0.39, 0.29) is 17.7 Å². The molecule has 0 aliphatic carbocycles. The van der Waals surface area contributed by atoms with Gasteiger partial charge in [0, 0.05) is 30.2 Å². The van der Waals surface area contributed by atoms with Gasteiger partial charge in [-0.2, -0.15) is 5.10 Å². The van der Waals surface area contributed by atoms with E-state index in [0.29, 0.717) is 24.2 Å². The van der Waals surface area contributed by atoms with E-state index < -0.39 is 0 Å². The first-order chi connectivity index (χ1) is 13.3. The summed E-state index contributed by atoms with van der Waals surface area (Å²) in [6, 6.07) is 7.86. The van der Waals surface area contributed by atoms with Crippen LogP contribution < -0.4 is 5.32 Å². The maximum atomic E-state index is 12.5. The van der Waals surface area contributed by atoms with Gasteiger partial charge in [-0.25, -0.2) is 0 Å². The Labute approximate surface area is 165 Å². The van der Waals surface area contributed by atoms with Crippen molar-refractivity contribution in [1.29, 1.82) is 0 Å². The van der Waals surface area contributed by atoms with E-state index in [4.69, 9.17) is 0 Å². The summed E-state index contributed by atoms with van der Waals surface area (Å²) in [6.45, 7) is 9.65. The molecule has 0 aliphatic heterocycles. The number of amides is 1. The van der Waals surface area contributed by atoms with Crippen LogP contribution in [0.15, 0.2) is 30.5 Å². The maximum Gasteiger partial charge on any atom is 0.222 e. The van der Waals surface area contributed by atoms with Gasteiger partial charge >= 0.3 is 0 Å². The zero-order valence-corrected chi connectivity index (χ0v) is 17.0. The van der Waals surface area contributed by atoms with Gasteiger partial charge in [-0.3, -0.25) is 19.3 Å². The van der Waals surface area contributed by atoms with E-state index in [0.717, 1.165) is 27.7 Å². The van der Waals surface area contributed by atoms with Crippen LogP contribution in [0.5, 0.6) is 0 Å². The number of ketones is 1. The molecule has 1 amide bonds. The van der Waals surface area contributed by atoms with Crippen molar-refractivity contribution >= 4 is 22.6 Å². The van der Waals surface area contributed by atoms with Crippen LogP contribution >= 0.6 is 0 Å². The number of hydrogen-bond acceptors (Lipinski definition) is 4. The van der Waals surface area contributed by atoms with Gasteiger partial charge in [-0.1, -0.05) is 18.2 Å². The molecule has 0 saturated carbocycles. The van der Waals surface area contributed by atoms with Gasteiger partial charge in [-0.05, 0) is 51.8 Å². The Morgan fingerprint density at radius 3 is 2.61 bits per heavy atom. The quantitative estimate of drug-likeness (QED) is 0.662. The predicted octanol–water partition coefficient (Wildman–Crippen LogP) is 3.83. The summed E-state index contributed by atoms with van der Waals surface area (Å²) >= 11 is 0. The third-order valence-electron chi connectivity index (χ3n) is 5.11. The highest BCUT2D eigenvalue weighted by Crippen LogP contribution is 2.21. The number of benzene rings is 1. The van der Waals surface area contributed by atoms with Gasteiger partial charge in [0.25, 0.3) is 0 Å². The average molecular weight is 378 g/mol. The van der Waals surface area contributed by atoms with Crippen molar-refractivity contribution in [2.45, 2.75) is 53.6 Å². The molecular weight excluding hydrogens is 352 g/mol. The lowest BCUT2D eigenvalue weighted by Gasteiger charge is -2.15. The molecule has 1 atom stereocenters. The number of nitrogens with one attached hydrogen (secondary N) is 1. The van der Waals surface area contributed by atoms with E-state index >= 15 is 0 Å². The van der Waals surface area contributed by atoms with Crippen LogP contribution in [-0.2, 0) is 11.3 Å². The second kappa shape index (κ2) is 7.92. The van der Waals surface area contributed by atoms with Crippen LogP contribution in [0, 0.1) is 20.8 Å². The molecule has 3 aromatic rings. The SMILES string of the molecule is CC(=O)c1c(C)nn([C@H](C)CC(=O)NCc2ccc(C)c3ncccc23)c1C. The van der Waals surface area contributed by atoms with E-state index in [1.165, 1.54) is 0 Å². The molecule has 0 radical (unpaired) electrons. The number of aryl methyl sites for hydroxylation is 2. The third-order valence-corrected chi connectivity index (χ3v) is 5.11. The second-order valence-corrected chi connectivity index (χ2v) is 7.32. The minimum Gasteiger partial charge on any atom is -0.352 e. The average Bonchev–Trinajstić information content (AvgIpc) is 2.96. The number of hydrogen-bond donors (Lipinski definition) is 1. The van der Waals surface area contributed by atoms with Crippen LogP contribution in [-0.4, -0.2) is 26.5 Å². The molecule has 0 bridgehead atoms. The Bertz CT molecular complexity index is 1050. The molecule has 0 unspecified atom stereocenters. The van der Waals surface area contributed by atoms with Gasteiger partial charge in [0.05, 0.1) is 22.8 Å². The molecule has 0 saturated heterocycles. The standard InChI is InChI=1S/C22H26N4O2/c1-13-8-9-18(19-7-6-10-23-22(13)19)12-24-20(28)11-14(2)26-16(4)21(17(5)27)15(3)25-26/h6-10,14H,11-12H2,1-5H3,(H,24,28)/t14-/m1/s1. The van der Waals surface area contributed by atoms with Crippen molar-refractivity contribution in [3.05, 3.63) is 58.5 Å². The number of Topliss-reactive ketones (excluding diaryl/α,β-unsaturated/α-hetero) is 1. The molecule has 28 heavy (non-hydrogen) atoms. The molecule has 0 spiro atoms. The van der Waals surface area contributed by atoms with Crippen molar-refractivity contribution in [3.63, 3.8) is 0 Å². The summed E-state index contributed by atoms with van der Waals surface area (Å²) in [5, 5.41) is 8.52. The lowest BCUT2D eigenvalue weighted by Crippen LogP contribution is -2.26. The van der Waals surface area contributed by atoms with Crippen LogP contribution in [0.4, 0.5) is 0 Å². The fourth-order valence-electron chi connectivity index (χ4n) is 3.75. The first-order valence-corrected chi connectivity index (χ1v) is 9.46. The summed E-state index contributed by atoms with van der Waals surface area (Å²) in [4.78, 5) is 28.7. The second-order valence-electron chi connectivity index (χ2n) is 7.32. The Hall–Kier alpha value is -3.02. The van der Waals surface area contributed by atoms with Gasteiger partial charge in [0.2, 0.25) is 5.91 Å². The smallest absolute Gasteiger partial charge is 0.222 e. The zero-order valence-electron chi connectivity index (χ0n) is 17.0. The minimum absolute atomic E-state index is 0.00207. The van der Waals surface area contributed by atoms with Crippen molar-refractivity contribution in [3.8, 4) is 0 Å². The summed E-state index contributed by atoms with van der Waals surface area (Å²) < 4.78 is 1.77. The van der Waals surface area contributed by atoms with Crippen LogP contribution in [0.1, 0.15) is 59.2 Å². The molecule has 146 valence electrons. The summed E-state index contributed by atoms with van der Waals surface area (Å²) in [6.07, 6.45) is 2.07. The lowest BCUT2D eigenvalue weighted by atomic mass is 10.0. The molecule has 3 rings (SSSR count). The molecule has 0 aliphatic rings. The van der Waals surface area contributed by atoms with Gasteiger partial charge in [-0.15, -0.1) is 0 Å². The van der Waals surface area contributed by atoms with Gasteiger partial charge in [0.1, 0.15) is 0 Å². The minimum atomic E-state index is -0.136. The van der Waals surface area contributed by atoms with Crippen molar-refractivity contribution in [1.82, 2.24) is 20.1 Å². The largest absolute Gasteiger partial charge is 0.352 e. The number of fused-ring (bicyclic) bond motifs is 1. The summed E-state index contributed by atoms with van der Waals surface area (Å²) in [5.41, 5.74) is 5.27.